The molecule has 1 aromatic heterocycles. The topological polar surface area (TPSA) is 78.9 Å². The number of benzene rings is 1. The lowest BCUT2D eigenvalue weighted by atomic mass is 10.1. The van der Waals surface area contributed by atoms with E-state index < -0.39 is 5.97 Å². The second-order valence-electron chi connectivity index (χ2n) is 3.55. The van der Waals surface area contributed by atoms with Gasteiger partial charge in [-0.05, 0) is 13.0 Å². The molecular formula is C11H11N3O2. The Labute approximate surface area is 92.2 Å². The molecule has 0 saturated carbocycles. The Morgan fingerprint density at radius 1 is 1.50 bits per heavy atom. The van der Waals surface area contributed by atoms with Crippen LogP contribution in [0.4, 0.5) is 0 Å². The van der Waals surface area contributed by atoms with Gasteiger partial charge in [-0.25, -0.2) is 4.98 Å². The van der Waals surface area contributed by atoms with Crippen LogP contribution >= 0.6 is 0 Å². The molecule has 0 fully saturated rings. The SMILES string of the molecule is Cc1cccc(-c2n[nH]c(CC(=O)O)n2)c1. The van der Waals surface area contributed by atoms with E-state index in [9.17, 15) is 4.79 Å². The van der Waals surface area contributed by atoms with Gasteiger partial charge < -0.3 is 5.11 Å². The first kappa shape index (κ1) is 10.4. The number of carboxylic acid groups (broad SMARTS) is 1. The highest BCUT2D eigenvalue weighted by molar-refractivity contribution is 5.69. The number of aromatic nitrogens is 3. The van der Waals surface area contributed by atoms with E-state index in [1.54, 1.807) is 0 Å². The Balaban J connectivity index is 2.28. The van der Waals surface area contributed by atoms with Crippen molar-refractivity contribution in [1.82, 2.24) is 15.2 Å². The molecule has 0 aliphatic carbocycles. The summed E-state index contributed by atoms with van der Waals surface area (Å²) in [6.45, 7) is 1.98. The van der Waals surface area contributed by atoms with Crippen LogP contribution in [0.1, 0.15) is 11.4 Å². The first-order valence-electron chi connectivity index (χ1n) is 4.85. The quantitative estimate of drug-likeness (QED) is 0.814. The number of aliphatic carboxylic acids is 1. The van der Waals surface area contributed by atoms with Gasteiger partial charge in [0.1, 0.15) is 12.2 Å². The van der Waals surface area contributed by atoms with Crippen LogP contribution in [-0.4, -0.2) is 26.3 Å². The summed E-state index contributed by atoms with van der Waals surface area (Å²) in [5, 5.41) is 15.2. The molecule has 16 heavy (non-hydrogen) atoms. The summed E-state index contributed by atoms with van der Waals surface area (Å²) in [6, 6.07) is 7.74. The third kappa shape index (κ3) is 2.25. The largest absolute Gasteiger partial charge is 0.481 e. The number of rotatable bonds is 3. The Morgan fingerprint density at radius 3 is 3.00 bits per heavy atom. The fourth-order valence-electron chi connectivity index (χ4n) is 1.43. The minimum absolute atomic E-state index is 0.140. The number of aromatic amines is 1. The van der Waals surface area contributed by atoms with Crippen LogP contribution in [-0.2, 0) is 11.2 Å². The van der Waals surface area contributed by atoms with E-state index in [-0.39, 0.29) is 6.42 Å². The minimum atomic E-state index is -0.924. The molecule has 0 spiro atoms. The number of H-pyrrole nitrogens is 1. The number of hydrogen-bond donors (Lipinski definition) is 2. The predicted molar refractivity (Wildman–Crippen MR) is 57.9 cm³/mol. The van der Waals surface area contributed by atoms with Gasteiger partial charge in [-0.1, -0.05) is 23.8 Å². The van der Waals surface area contributed by atoms with Crippen molar-refractivity contribution in [3.05, 3.63) is 35.7 Å². The summed E-state index contributed by atoms with van der Waals surface area (Å²) in [5.74, 6) is -0.0316. The lowest BCUT2D eigenvalue weighted by molar-refractivity contribution is -0.136. The van der Waals surface area contributed by atoms with Crippen LogP contribution in [0.5, 0.6) is 0 Å². The van der Waals surface area contributed by atoms with Crippen LogP contribution < -0.4 is 0 Å². The Morgan fingerprint density at radius 2 is 2.31 bits per heavy atom. The van der Waals surface area contributed by atoms with Crippen molar-refractivity contribution in [1.29, 1.82) is 0 Å². The maximum absolute atomic E-state index is 10.5. The molecule has 1 heterocycles. The summed E-state index contributed by atoms with van der Waals surface area (Å²) >= 11 is 0. The fraction of sp³-hybridized carbons (Fsp3) is 0.182. The summed E-state index contributed by atoms with van der Waals surface area (Å²) in [4.78, 5) is 14.6. The predicted octanol–water partition coefficient (Wildman–Crippen LogP) is 1.41. The van der Waals surface area contributed by atoms with Crippen molar-refractivity contribution in [2.45, 2.75) is 13.3 Å². The smallest absolute Gasteiger partial charge is 0.311 e. The van der Waals surface area contributed by atoms with Gasteiger partial charge in [-0.15, -0.1) is 0 Å². The van der Waals surface area contributed by atoms with Crippen molar-refractivity contribution >= 4 is 5.97 Å². The van der Waals surface area contributed by atoms with Crippen LogP contribution in [0.25, 0.3) is 11.4 Å². The van der Waals surface area contributed by atoms with Gasteiger partial charge in [0.25, 0.3) is 0 Å². The van der Waals surface area contributed by atoms with Crippen molar-refractivity contribution in [2.75, 3.05) is 0 Å². The molecule has 2 aromatic rings. The molecule has 82 valence electrons. The lowest BCUT2D eigenvalue weighted by Crippen LogP contribution is -2.01. The minimum Gasteiger partial charge on any atom is -0.481 e. The van der Waals surface area contributed by atoms with E-state index in [1.807, 2.05) is 31.2 Å². The number of hydrogen-bond acceptors (Lipinski definition) is 3. The standard InChI is InChI=1S/C11H11N3O2/c1-7-3-2-4-8(5-7)11-12-9(13-14-11)6-10(15)16/h2-5H,6H2,1H3,(H,15,16)(H,12,13,14). The van der Waals surface area contributed by atoms with Gasteiger partial charge >= 0.3 is 5.97 Å². The molecule has 0 radical (unpaired) electrons. The van der Waals surface area contributed by atoms with E-state index in [2.05, 4.69) is 15.2 Å². The van der Waals surface area contributed by atoms with Crippen LogP contribution in [0, 0.1) is 6.92 Å². The van der Waals surface area contributed by atoms with Gasteiger partial charge in [0.15, 0.2) is 5.82 Å². The molecule has 2 N–H and O–H groups in total. The zero-order chi connectivity index (χ0) is 11.5. The highest BCUT2D eigenvalue weighted by Gasteiger charge is 2.08. The van der Waals surface area contributed by atoms with E-state index in [4.69, 9.17) is 5.11 Å². The number of nitrogens with one attached hydrogen (secondary N) is 1. The maximum Gasteiger partial charge on any atom is 0.311 e. The molecule has 2 rings (SSSR count). The van der Waals surface area contributed by atoms with Crippen molar-refractivity contribution in [3.63, 3.8) is 0 Å². The fourth-order valence-corrected chi connectivity index (χ4v) is 1.43. The van der Waals surface area contributed by atoms with Gasteiger partial charge in [0, 0.05) is 5.56 Å². The van der Waals surface area contributed by atoms with Gasteiger partial charge in [-0.2, -0.15) is 5.10 Å². The molecule has 5 heteroatoms. The van der Waals surface area contributed by atoms with E-state index in [0.29, 0.717) is 11.6 Å². The monoisotopic (exact) mass is 217 g/mol. The second kappa shape index (κ2) is 4.14. The van der Waals surface area contributed by atoms with Crippen molar-refractivity contribution in [3.8, 4) is 11.4 Å². The molecule has 1 aromatic carbocycles. The third-order valence-electron chi connectivity index (χ3n) is 2.13. The number of carbonyl (C=O) groups is 1. The first-order chi connectivity index (χ1) is 7.65. The average molecular weight is 217 g/mol. The van der Waals surface area contributed by atoms with E-state index >= 15 is 0 Å². The second-order valence-corrected chi connectivity index (χ2v) is 3.55. The van der Waals surface area contributed by atoms with Gasteiger partial charge in [0.2, 0.25) is 0 Å². The van der Waals surface area contributed by atoms with Crippen LogP contribution in [0.15, 0.2) is 24.3 Å². The number of carboxylic acids is 1. The van der Waals surface area contributed by atoms with Crippen molar-refractivity contribution in [2.24, 2.45) is 0 Å². The zero-order valence-corrected chi connectivity index (χ0v) is 8.77. The van der Waals surface area contributed by atoms with E-state index in [0.717, 1.165) is 11.1 Å². The molecule has 0 unspecified atom stereocenters. The Bertz CT molecular complexity index is 519. The summed E-state index contributed by atoms with van der Waals surface area (Å²) < 4.78 is 0. The molecule has 0 aliphatic heterocycles. The summed E-state index contributed by atoms with van der Waals surface area (Å²) in [7, 11) is 0. The molecule has 0 saturated heterocycles. The highest BCUT2D eigenvalue weighted by Crippen LogP contribution is 2.15. The molecule has 0 amide bonds. The highest BCUT2D eigenvalue weighted by atomic mass is 16.4. The molecule has 0 bridgehead atoms. The van der Waals surface area contributed by atoms with Gasteiger partial charge in [0.05, 0.1) is 0 Å². The summed E-state index contributed by atoms with van der Waals surface area (Å²) in [5.41, 5.74) is 2.00. The average Bonchev–Trinajstić information content (AvgIpc) is 2.65. The molecular weight excluding hydrogens is 206 g/mol. The number of aryl methyl sites for hydroxylation is 1. The third-order valence-corrected chi connectivity index (χ3v) is 2.13. The molecule has 0 atom stereocenters. The zero-order valence-electron chi connectivity index (χ0n) is 8.77. The molecule has 0 aliphatic rings. The van der Waals surface area contributed by atoms with Crippen molar-refractivity contribution < 1.29 is 9.90 Å². The summed E-state index contributed by atoms with van der Waals surface area (Å²) in [6.07, 6.45) is -0.140. The molecule has 5 nitrogen and oxygen atoms in total. The Kier molecular flexibility index (Phi) is 2.68. The van der Waals surface area contributed by atoms with Crippen LogP contribution in [0.2, 0.25) is 0 Å². The van der Waals surface area contributed by atoms with E-state index in [1.165, 1.54) is 0 Å². The Hall–Kier alpha value is -2.17. The number of nitrogens with zero attached hydrogens (tertiary/aromatic N) is 2. The van der Waals surface area contributed by atoms with Crippen LogP contribution in [0.3, 0.4) is 0 Å². The normalized spacial score (nSPS) is 10.3. The first-order valence-corrected chi connectivity index (χ1v) is 4.85. The maximum atomic E-state index is 10.5. The lowest BCUT2D eigenvalue weighted by Gasteiger charge is -1.95. The van der Waals surface area contributed by atoms with Gasteiger partial charge in [-0.3, -0.25) is 9.89 Å².